The molecular formula is C16H19N3O2S2. The fourth-order valence-corrected chi connectivity index (χ4v) is 4.01. The van der Waals surface area contributed by atoms with Gasteiger partial charge < -0.3 is 4.74 Å². The number of esters is 1. The predicted molar refractivity (Wildman–Crippen MR) is 91.4 cm³/mol. The summed E-state index contributed by atoms with van der Waals surface area (Å²) in [5.74, 6) is -0.138. The molecule has 0 saturated carbocycles. The summed E-state index contributed by atoms with van der Waals surface area (Å²) < 4.78 is 6.45. The van der Waals surface area contributed by atoms with Gasteiger partial charge in [-0.3, -0.25) is 9.69 Å². The van der Waals surface area contributed by atoms with Crippen molar-refractivity contribution >= 4 is 29.1 Å². The smallest absolute Gasteiger partial charge is 0.323 e. The van der Waals surface area contributed by atoms with Crippen LogP contribution in [0.2, 0.25) is 0 Å². The van der Waals surface area contributed by atoms with E-state index in [1.165, 1.54) is 0 Å². The Morgan fingerprint density at radius 2 is 2.22 bits per heavy atom. The zero-order chi connectivity index (χ0) is 16.1. The summed E-state index contributed by atoms with van der Waals surface area (Å²) in [6, 6.07) is 9.61. The van der Waals surface area contributed by atoms with Crippen LogP contribution in [0.3, 0.4) is 0 Å². The molecule has 1 atom stereocenters. The van der Waals surface area contributed by atoms with E-state index in [-0.39, 0.29) is 12.0 Å². The number of hydrogen-bond donors (Lipinski definition) is 0. The van der Waals surface area contributed by atoms with Crippen LogP contribution in [0.15, 0.2) is 34.7 Å². The molecule has 1 saturated heterocycles. The number of benzene rings is 1. The summed E-state index contributed by atoms with van der Waals surface area (Å²) in [4.78, 5) is 14.5. The van der Waals surface area contributed by atoms with Crippen LogP contribution in [0.4, 0.5) is 0 Å². The predicted octanol–water partition coefficient (Wildman–Crippen LogP) is 2.97. The molecule has 0 amide bonds. The second-order valence-corrected chi connectivity index (χ2v) is 7.50. The number of carbonyl (C=O) groups is 1. The van der Waals surface area contributed by atoms with Crippen molar-refractivity contribution in [1.82, 2.24) is 15.1 Å². The van der Waals surface area contributed by atoms with E-state index in [2.05, 4.69) is 15.1 Å². The Balaban J connectivity index is 1.56. The number of rotatable bonds is 6. The Morgan fingerprint density at radius 1 is 1.39 bits per heavy atom. The lowest BCUT2D eigenvalue weighted by Crippen LogP contribution is -2.36. The van der Waals surface area contributed by atoms with Crippen molar-refractivity contribution in [3.63, 3.8) is 0 Å². The molecule has 3 rings (SSSR count). The summed E-state index contributed by atoms with van der Waals surface area (Å²) in [5.41, 5.74) is 1.01. The van der Waals surface area contributed by atoms with Crippen LogP contribution in [0.25, 0.3) is 0 Å². The molecule has 122 valence electrons. The summed E-state index contributed by atoms with van der Waals surface area (Å²) in [6.07, 6.45) is 3.85. The Hall–Kier alpha value is -1.44. The monoisotopic (exact) mass is 349 g/mol. The minimum absolute atomic E-state index is 0.138. The van der Waals surface area contributed by atoms with Crippen molar-refractivity contribution in [2.24, 2.45) is 0 Å². The molecule has 0 bridgehead atoms. The van der Waals surface area contributed by atoms with E-state index in [1.807, 2.05) is 36.6 Å². The van der Waals surface area contributed by atoms with Gasteiger partial charge in [-0.25, -0.2) is 0 Å². The number of nitrogens with zero attached hydrogens (tertiary/aromatic N) is 3. The van der Waals surface area contributed by atoms with Gasteiger partial charge in [0.2, 0.25) is 0 Å². The minimum atomic E-state index is -0.166. The summed E-state index contributed by atoms with van der Waals surface area (Å²) >= 11 is 3.19. The lowest BCUT2D eigenvalue weighted by molar-refractivity contribution is -0.150. The molecule has 5 nitrogen and oxygen atoms in total. The van der Waals surface area contributed by atoms with Gasteiger partial charge in [-0.2, -0.15) is 0 Å². The highest BCUT2D eigenvalue weighted by molar-refractivity contribution is 8.00. The van der Waals surface area contributed by atoms with Crippen LogP contribution in [-0.4, -0.2) is 39.9 Å². The SMILES string of the molecule is CSc1nnc(CN2CCC[C@@H]2C(=O)OCc2ccccc2)s1. The minimum Gasteiger partial charge on any atom is -0.460 e. The molecule has 1 aliphatic rings. The van der Waals surface area contributed by atoms with Gasteiger partial charge in [-0.15, -0.1) is 10.2 Å². The largest absolute Gasteiger partial charge is 0.460 e. The number of likely N-dealkylation sites (tertiary alicyclic amines) is 1. The van der Waals surface area contributed by atoms with Gasteiger partial charge in [-0.05, 0) is 31.2 Å². The molecule has 0 aliphatic carbocycles. The molecule has 1 aromatic carbocycles. The van der Waals surface area contributed by atoms with E-state index in [1.54, 1.807) is 23.1 Å². The molecule has 0 spiro atoms. The lowest BCUT2D eigenvalue weighted by atomic mass is 10.2. The highest BCUT2D eigenvalue weighted by Crippen LogP contribution is 2.25. The van der Waals surface area contributed by atoms with Gasteiger partial charge in [0.1, 0.15) is 17.7 Å². The standard InChI is InChI=1S/C16H19N3O2S2/c1-22-16-18-17-14(23-16)10-19-9-5-8-13(19)15(20)21-11-12-6-3-2-4-7-12/h2-4,6-7,13H,5,8-11H2,1H3/t13-/m1/s1. The molecule has 7 heteroatoms. The first-order chi connectivity index (χ1) is 11.3. The number of hydrogen-bond acceptors (Lipinski definition) is 7. The molecule has 2 aromatic rings. The fourth-order valence-electron chi connectivity index (χ4n) is 2.67. The van der Waals surface area contributed by atoms with Crippen molar-refractivity contribution in [2.45, 2.75) is 36.4 Å². The molecule has 2 heterocycles. The highest BCUT2D eigenvalue weighted by Gasteiger charge is 2.32. The van der Waals surface area contributed by atoms with E-state index in [4.69, 9.17) is 4.74 Å². The molecule has 23 heavy (non-hydrogen) atoms. The van der Waals surface area contributed by atoms with E-state index >= 15 is 0 Å². The third-order valence-electron chi connectivity index (χ3n) is 3.82. The molecule has 1 aliphatic heterocycles. The third kappa shape index (κ3) is 4.31. The molecule has 0 unspecified atom stereocenters. The average Bonchev–Trinajstić information content (AvgIpc) is 3.23. The van der Waals surface area contributed by atoms with Crippen molar-refractivity contribution < 1.29 is 9.53 Å². The lowest BCUT2D eigenvalue weighted by Gasteiger charge is -2.21. The number of ether oxygens (including phenoxy) is 1. The molecule has 0 radical (unpaired) electrons. The topological polar surface area (TPSA) is 55.3 Å². The molecular weight excluding hydrogens is 330 g/mol. The average molecular weight is 349 g/mol. The summed E-state index contributed by atoms with van der Waals surface area (Å²) in [6.45, 7) is 1.90. The van der Waals surface area contributed by atoms with Crippen LogP contribution >= 0.6 is 23.1 Å². The first kappa shape index (κ1) is 16.4. The van der Waals surface area contributed by atoms with Crippen LogP contribution < -0.4 is 0 Å². The van der Waals surface area contributed by atoms with Crippen LogP contribution in [0.1, 0.15) is 23.4 Å². The second kappa shape index (κ2) is 7.90. The van der Waals surface area contributed by atoms with Gasteiger partial charge >= 0.3 is 5.97 Å². The Bertz CT molecular complexity index is 648. The van der Waals surface area contributed by atoms with Crippen molar-refractivity contribution in [1.29, 1.82) is 0 Å². The number of carbonyl (C=O) groups excluding carboxylic acids is 1. The van der Waals surface area contributed by atoms with Gasteiger partial charge in [0.05, 0.1) is 6.54 Å². The zero-order valence-electron chi connectivity index (χ0n) is 13.0. The number of thioether (sulfide) groups is 1. The van der Waals surface area contributed by atoms with Gasteiger partial charge in [0.25, 0.3) is 0 Å². The van der Waals surface area contributed by atoms with Crippen LogP contribution in [0.5, 0.6) is 0 Å². The maximum atomic E-state index is 12.4. The van der Waals surface area contributed by atoms with E-state index in [9.17, 15) is 4.79 Å². The van der Waals surface area contributed by atoms with Gasteiger partial charge in [-0.1, -0.05) is 53.4 Å². The second-order valence-electron chi connectivity index (χ2n) is 5.39. The van der Waals surface area contributed by atoms with Gasteiger partial charge in [0.15, 0.2) is 4.34 Å². The van der Waals surface area contributed by atoms with Crippen molar-refractivity contribution in [3.8, 4) is 0 Å². The Kier molecular flexibility index (Phi) is 5.64. The summed E-state index contributed by atoms with van der Waals surface area (Å²) in [5, 5.41) is 9.26. The molecule has 0 N–H and O–H groups in total. The normalized spacial score (nSPS) is 18.2. The maximum absolute atomic E-state index is 12.4. The van der Waals surface area contributed by atoms with E-state index < -0.39 is 0 Å². The maximum Gasteiger partial charge on any atom is 0.323 e. The summed E-state index contributed by atoms with van der Waals surface area (Å²) in [7, 11) is 0. The number of aromatic nitrogens is 2. The van der Waals surface area contributed by atoms with E-state index in [0.717, 1.165) is 34.3 Å². The van der Waals surface area contributed by atoms with Crippen molar-refractivity contribution in [3.05, 3.63) is 40.9 Å². The molecule has 1 fully saturated rings. The first-order valence-electron chi connectivity index (χ1n) is 7.57. The van der Waals surface area contributed by atoms with Crippen LogP contribution in [0, 0.1) is 0 Å². The van der Waals surface area contributed by atoms with E-state index in [0.29, 0.717) is 13.2 Å². The quantitative estimate of drug-likeness (QED) is 0.590. The first-order valence-corrected chi connectivity index (χ1v) is 9.61. The zero-order valence-corrected chi connectivity index (χ0v) is 14.6. The van der Waals surface area contributed by atoms with Gasteiger partial charge in [0, 0.05) is 0 Å². The third-order valence-corrected chi connectivity index (χ3v) is 5.70. The van der Waals surface area contributed by atoms with Crippen molar-refractivity contribution in [2.75, 3.05) is 12.8 Å². The van der Waals surface area contributed by atoms with Crippen LogP contribution in [-0.2, 0) is 22.7 Å². The highest BCUT2D eigenvalue weighted by atomic mass is 32.2. The Morgan fingerprint density at radius 3 is 2.96 bits per heavy atom. The Labute approximate surface area is 144 Å². The molecule has 1 aromatic heterocycles. The fraction of sp³-hybridized carbons (Fsp3) is 0.438.